The molecular formula is C9H20N2O4Pt. The molecule has 16 heavy (non-hydrogen) atoms. The van der Waals surface area contributed by atoms with Crippen LogP contribution in [0.4, 0.5) is 0 Å². The smallest absolute Gasteiger partial charge is 0.550 e. The van der Waals surface area contributed by atoms with Gasteiger partial charge in [0.1, 0.15) is 0 Å². The minimum Gasteiger partial charge on any atom is -0.550 e. The molecular weight excluding hydrogens is 395 g/mol. The van der Waals surface area contributed by atoms with E-state index in [0.717, 1.165) is 13.8 Å². The molecule has 0 bridgehead atoms. The number of rotatable bonds is 0. The Morgan fingerprint density at radius 3 is 1.31 bits per heavy atom. The summed E-state index contributed by atoms with van der Waals surface area (Å²) in [6.07, 6.45) is 5.25. The summed E-state index contributed by atoms with van der Waals surface area (Å²) in [6.45, 7) is 1.94. The first-order chi connectivity index (χ1) is 6.36. The zero-order valence-electron chi connectivity index (χ0n) is 9.64. The van der Waals surface area contributed by atoms with Crippen LogP contribution in [0.15, 0.2) is 0 Å². The van der Waals surface area contributed by atoms with Crippen molar-refractivity contribution in [3.63, 3.8) is 0 Å². The van der Waals surface area contributed by atoms with Gasteiger partial charge >= 0.3 is 21.1 Å². The van der Waals surface area contributed by atoms with Crippen LogP contribution in [0.2, 0.25) is 0 Å². The summed E-state index contributed by atoms with van der Waals surface area (Å²) in [5, 5.41) is 17.8. The molecule has 0 spiro atoms. The van der Waals surface area contributed by atoms with E-state index < -0.39 is 11.9 Å². The van der Waals surface area contributed by atoms with Crippen molar-refractivity contribution >= 4 is 11.9 Å². The Labute approximate surface area is 110 Å². The number of hydrogen-bond acceptors (Lipinski definition) is 6. The SMILES string of the molecule is CC(=O)[O-].CC(=O)[O-].N.NC1CCCC1.[Pt+2]. The zero-order valence-corrected chi connectivity index (χ0v) is 11.9. The molecule has 0 aromatic heterocycles. The minimum atomic E-state index is -1.08. The van der Waals surface area contributed by atoms with Gasteiger partial charge in [0, 0.05) is 18.0 Å². The van der Waals surface area contributed by atoms with Crippen molar-refractivity contribution in [3.8, 4) is 0 Å². The first-order valence-corrected chi connectivity index (χ1v) is 4.47. The number of carboxylic acids is 2. The van der Waals surface area contributed by atoms with E-state index in [1.54, 1.807) is 0 Å². The number of nitrogens with two attached hydrogens (primary N) is 1. The number of carboxylic acid groups (broad SMARTS) is 2. The Hall–Kier alpha value is -0.452. The van der Waals surface area contributed by atoms with E-state index in [9.17, 15) is 0 Å². The van der Waals surface area contributed by atoms with E-state index in [1.165, 1.54) is 25.7 Å². The molecule has 7 heteroatoms. The first kappa shape index (κ1) is 24.7. The molecule has 0 aromatic carbocycles. The van der Waals surface area contributed by atoms with Gasteiger partial charge in [-0.1, -0.05) is 12.8 Å². The number of carbonyl (C=O) groups is 2. The molecule has 6 nitrogen and oxygen atoms in total. The van der Waals surface area contributed by atoms with Gasteiger partial charge in [0.25, 0.3) is 0 Å². The second kappa shape index (κ2) is 17.0. The third kappa shape index (κ3) is 49.8. The largest absolute Gasteiger partial charge is 2.00 e. The molecule has 1 saturated carbocycles. The van der Waals surface area contributed by atoms with E-state index in [1.807, 2.05) is 0 Å². The third-order valence-electron chi connectivity index (χ3n) is 1.40. The van der Waals surface area contributed by atoms with E-state index in [-0.39, 0.29) is 27.2 Å². The molecule has 1 rings (SSSR count). The van der Waals surface area contributed by atoms with Crippen LogP contribution in [0.3, 0.4) is 0 Å². The molecule has 1 aliphatic rings. The van der Waals surface area contributed by atoms with Gasteiger partial charge in [-0.05, 0) is 26.7 Å². The van der Waals surface area contributed by atoms with Gasteiger partial charge in [-0.3, -0.25) is 0 Å². The summed E-state index contributed by atoms with van der Waals surface area (Å²) >= 11 is 0. The van der Waals surface area contributed by atoms with Crippen LogP contribution in [-0.4, -0.2) is 18.0 Å². The maximum absolute atomic E-state index is 8.89. The Kier molecular flexibility index (Phi) is 26.2. The van der Waals surface area contributed by atoms with Crippen molar-refractivity contribution in [2.24, 2.45) is 5.73 Å². The van der Waals surface area contributed by atoms with Crippen LogP contribution in [0.5, 0.6) is 0 Å². The second-order valence-electron chi connectivity index (χ2n) is 3.03. The van der Waals surface area contributed by atoms with Gasteiger partial charge < -0.3 is 31.7 Å². The van der Waals surface area contributed by atoms with Gasteiger partial charge in [0.05, 0.1) is 0 Å². The van der Waals surface area contributed by atoms with Crippen LogP contribution < -0.4 is 22.1 Å². The Morgan fingerprint density at radius 1 is 1.06 bits per heavy atom. The first-order valence-electron chi connectivity index (χ1n) is 4.47. The maximum atomic E-state index is 8.89. The number of carbonyl (C=O) groups excluding carboxylic acids is 2. The van der Waals surface area contributed by atoms with Crippen molar-refractivity contribution < 1.29 is 40.9 Å². The summed E-state index contributed by atoms with van der Waals surface area (Å²) in [4.78, 5) is 17.8. The van der Waals surface area contributed by atoms with E-state index in [2.05, 4.69) is 0 Å². The molecule has 0 aliphatic heterocycles. The summed E-state index contributed by atoms with van der Waals surface area (Å²) in [6, 6.07) is 0.546. The summed E-state index contributed by atoms with van der Waals surface area (Å²) in [7, 11) is 0. The van der Waals surface area contributed by atoms with E-state index in [0.29, 0.717) is 6.04 Å². The Bertz CT molecular complexity index is 153. The average Bonchev–Trinajstić information content (AvgIpc) is 2.36. The molecule has 0 atom stereocenters. The molecule has 100 valence electrons. The van der Waals surface area contributed by atoms with Crippen LogP contribution in [0.1, 0.15) is 39.5 Å². The molecule has 0 aromatic rings. The Balaban J connectivity index is -0.0000000660. The number of aliphatic carboxylic acids is 2. The standard InChI is InChI=1S/C5H11N.2C2H4O2.H3N.Pt/c6-5-3-1-2-4-5;2*1-2(3)4;;/h5H,1-4,6H2;2*1H3,(H,3,4);1H3;/q;;;;+2/p-2. The predicted molar refractivity (Wildman–Crippen MR) is 52.8 cm³/mol. The van der Waals surface area contributed by atoms with Crippen LogP contribution in [0.25, 0.3) is 0 Å². The molecule has 5 N–H and O–H groups in total. The summed E-state index contributed by atoms with van der Waals surface area (Å²) < 4.78 is 0. The van der Waals surface area contributed by atoms with E-state index in [4.69, 9.17) is 25.5 Å². The zero-order chi connectivity index (χ0) is 11.6. The number of hydrogen-bond donors (Lipinski definition) is 2. The van der Waals surface area contributed by atoms with Gasteiger partial charge in [-0.2, -0.15) is 0 Å². The van der Waals surface area contributed by atoms with Crippen LogP contribution in [0, 0.1) is 0 Å². The monoisotopic (exact) mass is 415 g/mol. The molecule has 1 fully saturated rings. The fourth-order valence-electron chi connectivity index (χ4n) is 0.957. The quantitative estimate of drug-likeness (QED) is 0.496. The minimum absolute atomic E-state index is 0. The maximum Gasteiger partial charge on any atom is 2.00 e. The molecule has 0 heterocycles. The normalized spacial score (nSPS) is 12.7. The van der Waals surface area contributed by atoms with Gasteiger partial charge in [-0.25, -0.2) is 0 Å². The molecule has 0 radical (unpaired) electrons. The fourth-order valence-corrected chi connectivity index (χ4v) is 0.957. The molecule has 0 amide bonds. The average molecular weight is 415 g/mol. The molecule has 0 saturated heterocycles. The second-order valence-corrected chi connectivity index (χ2v) is 3.03. The van der Waals surface area contributed by atoms with E-state index >= 15 is 0 Å². The molecule has 1 aliphatic carbocycles. The van der Waals surface area contributed by atoms with Crippen LogP contribution in [-0.2, 0) is 30.7 Å². The van der Waals surface area contributed by atoms with Gasteiger partial charge in [0.2, 0.25) is 0 Å². The Morgan fingerprint density at radius 2 is 1.25 bits per heavy atom. The molecule has 0 unspecified atom stereocenters. The van der Waals surface area contributed by atoms with Crippen molar-refractivity contribution in [3.05, 3.63) is 0 Å². The van der Waals surface area contributed by atoms with Crippen molar-refractivity contribution in [2.45, 2.75) is 45.6 Å². The topological polar surface area (TPSA) is 141 Å². The van der Waals surface area contributed by atoms with Gasteiger partial charge in [-0.15, -0.1) is 0 Å². The van der Waals surface area contributed by atoms with Crippen molar-refractivity contribution in [1.29, 1.82) is 0 Å². The van der Waals surface area contributed by atoms with Gasteiger partial charge in [0.15, 0.2) is 0 Å². The fraction of sp³-hybridized carbons (Fsp3) is 0.778. The van der Waals surface area contributed by atoms with Crippen molar-refractivity contribution in [2.75, 3.05) is 0 Å². The summed E-state index contributed by atoms with van der Waals surface area (Å²) in [5.41, 5.74) is 5.53. The predicted octanol–water partition coefficient (Wildman–Crippen LogP) is -1.44. The summed E-state index contributed by atoms with van der Waals surface area (Å²) in [5.74, 6) is -2.17. The van der Waals surface area contributed by atoms with Crippen LogP contribution >= 0.6 is 0 Å². The van der Waals surface area contributed by atoms with Crippen molar-refractivity contribution in [1.82, 2.24) is 6.15 Å². The third-order valence-corrected chi connectivity index (χ3v) is 1.40.